The van der Waals surface area contributed by atoms with Gasteiger partial charge in [0.05, 0.1) is 19.2 Å². The Labute approximate surface area is 129 Å². The van der Waals surface area contributed by atoms with E-state index in [4.69, 9.17) is 11.6 Å². The Morgan fingerprint density at radius 3 is 2.61 bits per heavy atom. The fraction of sp³-hybridized carbons (Fsp3) is 0.333. The van der Waals surface area contributed by atoms with Crippen molar-refractivity contribution in [1.82, 2.24) is 9.97 Å². The maximum Gasteiger partial charge on any atom is 0.171 e. The summed E-state index contributed by atoms with van der Waals surface area (Å²) in [5, 5.41) is 5.75. The van der Waals surface area contributed by atoms with E-state index in [0.29, 0.717) is 5.92 Å². The lowest BCUT2D eigenvalue weighted by Gasteiger charge is -2.12. The maximum absolute atomic E-state index is 5.96. The van der Waals surface area contributed by atoms with Crippen LogP contribution in [0.5, 0.6) is 0 Å². The van der Waals surface area contributed by atoms with Crippen molar-refractivity contribution in [3.63, 3.8) is 0 Å². The molecule has 1 N–H and O–H groups in total. The zero-order valence-electron chi connectivity index (χ0n) is 10.3. The lowest BCUT2D eigenvalue weighted by Crippen LogP contribution is -2.06. The molecule has 0 aliphatic rings. The molecule has 3 nitrogen and oxygen atoms in total. The van der Waals surface area contributed by atoms with Gasteiger partial charge in [0, 0.05) is 12.4 Å². The average molecular weight is 394 g/mol. The van der Waals surface area contributed by atoms with Crippen LogP contribution in [0.1, 0.15) is 25.5 Å². The van der Waals surface area contributed by atoms with E-state index in [2.05, 4.69) is 51.7 Å². The average Bonchev–Trinajstić information content (AvgIpc) is 2.76. The van der Waals surface area contributed by atoms with E-state index >= 15 is 0 Å². The molecule has 2 aromatic rings. The molecule has 0 radical (unpaired) electrons. The summed E-state index contributed by atoms with van der Waals surface area (Å²) in [6.07, 6.45) is 0. The first-order valence-electron chi connectivity index (χ1n) is 5.52. The molecule has 0 saturated carbocycles. The van der Waals surface area contributed by atoms with E-state index in [-0.39, 0.29) is 0 Å². The molecule has 0 spiro atoms. The first-order valence-corrected chi connectivity index (χ1v) is 7.86. The minimum atomic E-state index is 0.362. The molecule has 2 rings (SSSR count). The van der Waals surface area contributed by atoms with Crippen molar-refractivity contribution in [2.24, 2.45) is 0 Å². The molecular formula is C12H13ClIN3S. The van der Waals surface area contributed by atoms with Gasteiger partial charge < -0.3 is 5.32 Å². The Hall–Kier alpha value is -0.400. The van der Waals surface area contributed by atoms with Crippen LogP contribution in [0.3, 0.4) is 0 Å². The molecule has 0 aromatic carbocycles. The molecule has 6 heteroatoms. The Morgan fingerprint density at radius 1 is 1.39 bits per heavy atom. The smallest absolute Gasteiger partial charge is 0.171 e. The number of nitrogens with zero attached hydrogens (tertiary/aromatic N) is 2. The molecule has 0 atom stereocenters. The number of aromatic nitrogens is 2. The van der Waals surface area contributed by atoms with E-state index in [9.17, 15) is 0 Å². The molecule has 0 aliphatic carbocycles. The molecule has 0 amide bonds. The summed E-state index contributed by atoms with van der Waals surface area (Å²) >= 11 is 9.80. The largest absolute Gasteiger partial charge is 0.372 e. The third kappa shape index (κ3) is 2.78. The van der Waals surface area contributed by atoms with Crippen LogP contribution < -0.4 is 5.32 Å². The molecule has 2 heterocycles. The van der Waals surface area contributed by atoms with E-state index in [1.165, 1.54) is 0 Å². The topological polar surface area (TPSA) is 37.8 Å². The van der Waals surface area contributed by atoms with Crippen LogP contribution in [-0.2, 0) is 0 Å². The minimum absolute atomic E-state index is 0.362. The molecule has 0 unspecified atom stereocenters. The van der Waals surface area contributed by atoms with Gasteiger partial charge in [-0.05, 0) is 34.6 Å². The molecule has 0 fully saturated rings. The van der Waals surface area contributed by atoms with Gasteiger partial charge in [0.2, 0.25) is 0 Å². The zero-order valence-corrected chi connectivity index (χ0v) is 14.0. The standard InChI is InChI=1S/C12H13ClIN3S/c1-6(2)10-9(14)12(15-3)17-11(16-10)8-4-7(13)5-18-8/h4-6H,1-3H3,(H,15,16,17). The summed E-state index contributed by atoms with van der Waals surface area (Å²) in [6, 6.07) is 1.90. The molecule has 0 saturated heterocycles. The first-order chi connectivity index (χ1) is 8.52. The van der Waals surface area contributed by atoms with Gasteiger partial charge in [-0.25, -0.2) is 9.97 Å². The van der Waals surface area contributed by atoms with Crippen molar-refractivity contribution in [3.8, 4) is 10.7 Å². The lowest BCUT2D eigenvalue weighted by molar-refractivity contribution is 0.810. The van der Waals surface area contributed by atoms with E-state index in [0.717, 1.165) is 30.8 Å². The van der Waals surface area contributed by atoms with E-state index < -0.39 is 0 Å². The fourth-order valence-electron chi connectivity index (χ4n) is 1.55. The van der Waals surface area contributed by atoms with Crippen LogP contribution in [0.15, 0.2) is 11.4 Å². The third-order valence-corrected chi connectivity index (χ3v) is 4.79. The second kappa shape index (κ2) is 5.71. The summed E-state index contributed by atoms with van der Waals surface area (Å²) in [7, 11) is 1.87. The van der Waals surface area contributed by atoms with Gasteiger partial charge in [0.15, 0.2) is 5.82 Å². The summed E-state index contributed by atoms with van der Waals surface area (Å²) < 4.78 is 1.08. The van der Waals surface area contributed by atoms with Gasteiger partial charge in [-0.3, -0.25) is 0 Å². The van der Waals surface area contributed by atoms with E-state index in [1.807, 2.05) is 18.5 Å². The van der Waals surface area contributed by atoms with Crippen LogP contribution in [0.2, 0.25) is 5.02 Å². The molecular weight excluding hydrogens is 381 g/mol. The highest BCUT2D eigenvalue weighted by Crippen LogP contribution is 2.31. The molecule has 0 bridgehead atoms. The maximum atomic E-state index is 5.96. The number of rotatable bonds is 3. The van der Waals surface area contributed by atoms with Crippen LogP contribution in [-0.4, -0.2) is 17.0 Å². The van der Waals surface area contributed by atoms with Gasteiger partial charge in [-0.1, -0.05) is 25.4 Å². The summed E-state index contributed by atoms with van der Waals surface area (Å²) in [5.41, 5.74) is 1.06. The van der Waals surface area contributed by atoms with Crippen LogP contribution in [0, 0.1) is 3.57 Å². The quantitative estimate of drug-likeness (QED) is 0.773. The van der Waals surface area contributed by atoms with Gasteiger partial charge >= 0.3 is 0 Å². The Bertz CT molecular complexity index is 568. The normalized spacial score (nSPS) is 11.0. The van der Waals surface area contributed by atoms with Crippen molar-refractivity contribution in [2.45, 2.75) is 19.8 Å². The number of halogens is 2. The molecule has 96 valence electrons. The van der Waals surface area contributed by atoms with E-state index in [1.54, 1.807) is 11.3 Å². The lowest BCUT2D eigenvalue weighted by atomic mass is 10.1. The predicted octanol–water partition coefficient (Wildman–Crippen LogP) is 4.63. The second-order valence-electron chi connectivity index (χ2n) is 4.13. The number of thiophene rings is 1. The monoisotopic (exact) mass is 393 g/mol. The van der Waals surface area contributed by atoms with Gasteiger partial charge in [-0.15, -0.1) is 11.3 Å². The van der Waals surface area contributed by atoms with Crippen LogP contribution in [0.25, 0.3) is 10.7 Å². The summed E-state index contributed by atoms with van der Waals surface area (Å²) in [5.74, 6) is 1.97. The Kier molecular flexibility index (Phi) is 4.45. The third-order valence-electron chi connectivity index (χ3n) is 2.45. The van der Waals surface area contributed by atoms with Gasteiger partial charge in [0.1, 0.15) is 5.82 Å². The molecule has 2 aromatic heterocycles. The highest BCUT2D eigenvalue weighted by molar-refractivity contribution is 14.1. The second-order valence-corrected chi connectivity index (χ2v) is 6.56. The van der Waals surface area contributed by atoms with Crippen molar-refractivity contribution in [3.05, 3.63) is 25.7 Å². The van der Waals surface area contributed by atoms with Gasteiger partial charge in [0.25, 0.3) is 0 Å². The Morgan fingerprint density at radius 2 is 2.11 bits per heavy atom. The number of hydrogen-bond donors (Lipinski definition) is 1. The van der Waals surface area contributed by atoms with Gasteiger partial charge in [-0.2, -0.15) is 0 Å². The SMILES string of the molecule is CNc1nc(-c2cc(Cl)cs2)nc(C(C)C)c1I. The Balaban J connectivity index is 2.58. The first kappa shape index (κ1) is 14.0. The zero-order chi connectivity index (χ0) is 13.3. The van der Waals surface area contributed by atoms with Crippen molar-refractivity contribution < 1.29 is 0 Å². The summed E-state index contributed by atoms with van der Waals surface area (Å²) in [4.78, 5) is 10.2. The van der Waals surface area contributed by atoms with Crippen LogP contribution >= 0.6 is 45.5 Å². The summed E-state index contributed by atoms with van der Waals surface area (Å²) in [6.45, 7) is 4.27. The highest BCUT2D eigenvalue weighted by atomic mass is 127. The molecule has 18 heavy (non-hydrogen) atoms. The van der Waals surface area contributed by atoms with Crippen LogP contribution in [0.4, 0.5) is 5.82 Å². The highest BCUT2D eigenvalue weighted by Gasteiger charge is 2.15. The molecule has 0 aliphatic heterocycles. The van der Waals surface area contributed by atoms with Crippen molar-refractivity contribution in [1.29, 1.82) is 0 Å². The minimum Gasteiger partial charge on any atom is -0.372 e. The number of hydrogen-bond acceptors (Lipinski definition) is 4. The fourth-order valence-corrected chi connectivity index (χ4v) is 3.69. The number of anilines is 1. The van der Waals surface area contributed by atoms with Crippen molar-refractivity contribution in [2.75, 3.05) is 12.4 Å². The van der Waals surface area contributed by atoms with Crippen molar-refractivity contribution >= 4 is 51.3 Å². The number of nitrogens with one attached hydrogen (secondary N) is 1. The predicted molar refractivity (Wildman–Crippen MR) is 86.7 cm³/mol.